The van der Waals surface area contributed by atoms with Gasteiger partial charge in [0.15, 0.2) is 0 Å². The Morgan fingerprint density at radius 3 is 2.94 bits per heavy atom. The van der Waals surface area contributed by atoms with Gasteiger partial charge in [-0.2, -0.15) is 4.39 Å². The molecule has 2 nitrogen and oxygen atoms in total. The summed E-state index contributed by atoms with van der Waals surface area (Å²) in [5.41, 5.74) is 4.69. The zero-order valence-corrected chi connectivity index (χ0v) is 10.4. The maximum atomic E-state index is 13.2. The maximum absolute atomic E-state index is 13.2. The number of pyridine rings is 1. The molecule has 0 atom stereocenters. The molecule has 92 valence electrons. The number of hydrogen-bond donors (Lipinski definition) is 0. The van der Waals surface area contributed by atoms with E-state index in [1.165, 1.54) is 29.1 Å². The van der Waals surface area contributed by atoms with Gasteiger partial charge < -0.3 is 4.90 Å². The van der Waals surface area contributed by atoms with Crippen molar-refractivity contribution in [2.24, 2.45) is 0 Å². The summed E-state index contributed by atoms with van der Waals surface area (Å²) in [6.07, 6.45) is 3.72. The fourth-order valence-corrected chi connectivity index (χ4v) is 2.55. The summed E-state index contributed by atoms with van der Waals surface area (Å²) < 4.78 is 13.2. The molecule has 3 rings (SSSR count). The first kappa shape index (κ1) is 11.2. The first-order valence-electron chi connectivity index (χ1n) is 6.23. The third kappa shape index (κ3) is 1.96. The number of rotatable bonds is 1. The first-order valence-corrected chi connectivity index (χ1v) is 6.23. The fraction of sp³-hybridized carbons (Fsp3) is 0.267. The van der Waals surface area contributed by atoms with Gasteiger partial charge in [0.25, 0.3) is 0 Å². The third-order valence-corrected chi connectivity index (χ3v) is 3.38. The molecule has 3 heteroatoms. The van der Waals surface area contributed by atoms with Crippen molar-refractivity contribution in [2.45, 2.75) is 19.8 Å². The van der Waals surface area contributed by atoms with E-state index in [1.807, 2.05) is 6.07 Å². The summed E-state index contributed by atoms with van der Waals surface area (Å²) in [5.74, 6) is -0.424. The summed E-state index contributed by atoms with van der Waals surface area (Å²) in [6, 6.07) is 9.81. The monoisotopic (exact) mass is 242 g/mol. The molecule has 1 aliphatic rings. The summed E-state index contributed by atoms with van der Waals surface area (Å²) in [5, 5.41) is 0. The molecule has 0 bridgehead atoms. The molecule has 0 saturated carbocycles. The van der Waals surface area contributed by atoms with Gasteiger partial charge in [-0.25, -0.2) is 4.98 Å². The highest BCUT2D eigenvalue weighted by Crippen LogP contribution is 2.33. The summed E-state index contributed by atoms with van der Waals surface area (Å²) in [6.45, 7) is 3.03. The van der Waals surface area contributed by atoms with Crippen molar-refractivity contribution in [2.75, 3.05) is 11.4 Å². The fourth-order valence-electron chi connectivity index (χ4n) is 2.55. The first-order chi connectivity index (χ1) is 8.74. The van der Waals surface area contributed by atoms with Gasteiger partial charge in [0.1, 0.15) is 0 Å². The van der Waals surface area contributed by atoms with Crippen molar-refractivity contribution < 1.29 is 4.39 Å². The van der Waals surface area contributed by atoms with Crippen LogP contribution in [0.5, 0.6) is 0 Å². The molecule has 0 N–H and O–H groups in total. The van der Waals surface area contributed by atoms with Crippen molar-refractivity contribution in [3.8, 4) is 0 Å². The Kier molecular flexibility index (Phi) is 2.74. The molecule has 0 saturated heterocycles. The second kappa shape index (κ2) is 4.41. The second-order valence-electron chi connectivity index (χ2n) is 4.72. The molecule has 18 heavy (non-hydrogen) atoms. The number of halogens is 1. The van der Waals surface area contributed by atoms with Gasteiger partial charge >= 0.3 is 0 Å². The van der Waals surface area contributed by atoms with Crippen LogP contribution in [0.4, 0.5) is 15.8 Å². The van der Waals surface area contributed by atoms with Crippen LogP contribution in [0, 0.1) is 12.9 Å². The van der Waals surface area contributed by atoms with Gasteiger partial charge in [0, 0.05) is 30.2 Å². The lowest BCUT2D eigenvalue weighted by Crippen LogP contribution is -2.24. The van der Waals surface area contributed by atoms with Crippen LogP contribution in [0.1, 0.15) is 17.5 Å². The highest BCUT2D eigenvalue weighted by atomic mass is 19.1. The lowest BCUT2D eigenvalue weighted by Gasteiger charge is -2.31. The number of hydrogen-bond acceptors (Lipinski definition) is 2. The second-order valence-corrected chi connectivity index (χ2v) is 4.72. The zero-order chi connectivity index (χ0) is 12.5. The largest absolute Gasteiger partial charge is 0.341 e. The molecule has 0 amide bonds. The van der Waals surface area contributed by atoms with Crippen LogP contribution in [-0.2, 0) is 6.42 Å². The van der Waals surface area contributed by atoms with Crippen LogP contribution in [0.3, 0.4) is 0 Å². The lowest BCUT2D eigenvalue weighted by molar-refractivity contribution is 0.583. The van der Waals surface area contributed by atoms with Gasteiger partial charge in [0.2, 0.25) is 5.95 Å². The predicted octanol–water partition coefficient (Wildman–Crippen LogP) is 3.61. The minimum atomic E-state index is -0.424. The Morgan fingerprint density at radius 2 is 2.11 bits per heavy atom. The molecule has 0 unspecified atom stereocenters. The molecule has 0 aliphatic carbocycles. The van der Waals surface area contributed by atoms with E-state index in [4.69, 9.17) is 0 Å². The Hall–Kier alpha value is -1.90. The topological polar surface area (TPSA) is 16.1 Å². The van der Waals surface area contributed by atoms with E-state index in [1.54, 1.807) is 0 Å². The standard InChI is InChI=1S/C15H15FN2/c1-11-4-5-14-12(9-11)3-2-8-18(14)13-6-7-17-15(16)10-13/h4-7,9-10H,2-3,8H2,1H3. The number of anilines is 2. The molecular formula is C15H15FN2. The quantitative estimate of drug-likeness (QED) is 0.710. The summed E-state index contributed by atoms with van der Waals surface area (Å²) >= 11 is 0. The molecule has 0 radical (unpaired) electrons. The number of aryl methyl sites for hydroxylation is 2. The van der Waals surface area contributed by atoms with Crippen LogP contribution in [-0.4, -0.2) is 11.5 Å². The molecule has 0 spiro atoms. The van der Waals surface area contributed by atoms with Crippen molar-refractivity contribution in [1.82, 2.24) is 4.98 Å². The number of nitrogens with zero attached hydrogens (tertiary/aromatic N) is 2. The highest BCUT2D eigenvalue weighted by molar-refractivity contribution is 5.67. The average molecular weight is 242 g/mol. The highest BCUT2D eigenvalue weighted by Gasteiger charge is 2.18. The van der Waals surface area contributed by atoms with Crippen LogP contribution in [0.2, 0.25) is 0 Å². The lowest BCUT2D eigenvalue weighted by atomic mass is 9.99. The normalized spacial score (nSPS) is 14.4. The molecule has 0 fully saturated rings. The van der Waals surface area contributed by atoms with E-state index >= 15 is 0 Å². The Labute approximate surface area is 106 Å². The number of fused-ring (bicyclic) bond motifs is 1. The molecule has 2 heterocycles. The van der Waals surface area contributed by atoms with E-state index in [0.717, 1.165) is 25.1 Å². The van der Waals surface area contributed by atoms with Gasteiger partial charge in [-0.05, 0) is 37.5 Å². The van der Waals surface area contributed by atoms with Crippen molar-refractivity contribution >= 4 is 11.4 Å². The number of aromatic nitrogens is 1. The van der Waals surface area contributed by atoms with Crippen molar-refractivity contribution in [1.29, 1.82) is 0 Å². The summed E-state index contributed by atoms with van der Waals surface area (Å²) in [4.78, 5) is 5.78. The number of benzene rings is 1. The third-order valence-electron chi connectivity index (χ3n) is 3.38. The maximum Gasteiger partial charge on any atom is 0.214 e. The van der Waals surface area contributed by atoms with Crippen LogP contribution < -0.4 is 4.90 Å². The zero-order valence-electron chi connectivity index (χ0n) is 10.4. The van der Waals surface area contributed by atoms with Crippen LogP contribution >= 0.6 is 0 Å². The Bertz CT molecular complexity index is 580. The van der Waals surface area contributed by atoms with Crippen LogP contribution in [0.25, 0.3) is 0 Å². The molecular weight excluding hydrogens is 227 g/mol. The van der Waals surface area contributed by atoms with E-state index in [2.05, 4.69) is 35.0 Å². The predicted molar refractivity (Wildman–Crippen MR) is 70.7 cm³/mol. The van der Waals surface area contributed by atoms with Gasteiger partial charge in [-0.15, -0.1) is 0 Å². The van der Waals surface area contributed by atoms with Gasteiger partial charge in [-0.3, -0.25) is 0 Å². The van der Waals surface area contributed by atoms with Crippen LogP contribution in [0.15, 0.2) is 36.5 Å². The van der Waals surface area contributed by atoms with E-state index < -0.39 is 5.95 Å². The average Bonchev–Trinajstić information content (AvgIpc) is 2.37. The SMILES string of the molecule is Cc1ccc2c(c1)CCCN2c1ccnc(F)c1. The van der Waals surface area contributed by atoms with E-state index in [0.29, 0.717) is 0 Å². The molecule has 1 aromatic carbocycles. The van der Waals surface area contributed by atoms with Crippen molar-refractivity contribution in [3.63, 3.8) is 0 Å². The smallest absolute Gasteiger partial charge is 0.214 e. The Morgan fingerprint density at radius 1 is 1.22 bits per heavy atom. The molecule has 1 aromatic heterocycles. The van der Waals surface area contributed by atoms with Gasteiger partial charge in [0.05, 0.1) is 0 Å². The van der Waals surface area contributed by atoms with Crippen molar-refractivity contribution in [3.05, 3.63) is 53.6 Å². The van der Waals surface area contributed by atoms with Gasteiger partial charge in [-0.1, -0.05) is 17.7 Å². The minimum absolute atomic E-state index is 0.424. The van der Waals surface area contributed by atoms with E-state index in [9.17, 15) is 4.39 Å². The minimum Gasteiger partial charge on any atom is -0.341 e. The summed E-state index contributed by atoms with van der Waals surface area (Å²) in [7, 11) is 0. The molecule has 1 aliphatic heterocycles. The Balaban J connectivity index is 2.06. The van der Waals surface area contributed by atoms with E-state index in [-0.39, 0.29) is 0 Å². The molecule has 2 aromatic rings.